The number of aliphatic carboxylic acids is 1. The summed E-state index contributed by atoms with van der Waals surface area (Å²) in [5.41, 5.74) is 0.534. The highest BCUT2D eigenvalue weighted by Crippen LogP contribution is 2.19. The van der Waals surface area contributed by atoms with Gasteiger partial charge in [-0.2, -0.15) is 0 Å². The molecule has 6 nitrogen and oxygen atoms in total. The maximum absolute atomic E-state index is 12.2. The molecule has 0 aliphatic rings. The highest BCUT2D eigenvalue weighted by atomic mass is 16.5. The van der Waals surface area contributed by atoms with Crippen LogP contribution in [0.15, 0.2) is 48.8 Å². The van der Waals surface area contributed by atoms with E-state index in [9.17, 15) is 9.59 Å². The third kappa shape index (κ3) is 5.60. The first-order valence-corrected chi connectivity index (χ1v) is 8.02. The largest absolute Gasteiger partial charge is 0.489 e. The van der Waals surface area contributed by atoms with Crippen molar-refractivity contribution in [2.45, 2.75) is 26.9 Å². The Morgan fingerprint density at radius 3 is 2.72 bits per heavy atom. The zero-order chi connectivity index (χ0) is 18.3. The molecule has 2 rings (SSSR count). The molecule has 1 amide bonds. The van der Waals surface area contributed by atoms with Crippen LogP contribution in [0.2, 0.25) is 0 Å². The molecule has 1 heterocycles. The maximum atomic E-state index is 12.2. The molecule has 6 heteroatoms. The summed E-state index contributed by atoms with van der Waals surface area (Å²) < 4.78 is 5.68. The van der Waals surface area contributed by atoms with Gasteiger partial charge in [0.15, 0.2) is 0 Å². The molecule has 0 unspecified atom stereocenters. The Balaban J connectivity index is 1.89. The number of carbonyl (C=O) groups is 2. The minimum absolute atomic E-state index is 0.256. The summed E-state index contributed by atoms with van der Waals surface area (Å²) >= 11 is 0. The molecular weight excluding hydrogens is 320 g/mol. The van der Waals surface area contributed by atoms with E-state index in [1.807, 2.05) is 12.1 Å². The second kappa shape index (κ2) is 8.28. The smallest absolute Gasteiger partial charge is 0.309 e. The predicted molar refractivity (Wildman–Crippen MR) is 93.4 cm³/mol. The summed E-state index contributed by atoms with van der Waals surface area (Å²) in [7, 11) is 0. The topological polar surface area (TPSA) is 88.5 Å². The number of carboxylic acid groups (broad SMARTS) is 1. The number of carbonyl (C=O) groups excluding carboxylic acids is 1. The minimum atomic E-state index is -0.882. The van der Waals surface area contributed by atoms with Crippen LogP contribution >= 0.6 is 0 Å². The van der Waals surface area contributed by atoms with Crippen LogP contribution in [-0.2, 0) is 11.4 Å². The molecule has 0 aliphatic heterocycles. The van der Waals surface area contributed by atoms with Crippen LogP contribution in [0.3, 0.4) is 0 Å². The van der Waals surface area contributed by atoms with Gasteiger partial charge in [-0.1, -0.05) is 12.1 Å². The lowest BCUT2D eigenvalue weighted by Gasteiger charge is -2.18. The third-order valence-corrected chi connectivity index (χ3v) is 3.84. The number of nitrogens with zero attached hydrogens (tertiary/aromatic N) is 1. The molecule has 2 aromatic rings. The number of rotatable bonds is 8. The molecular formula is C19H22N2O4. The van der Waals surface area contributed by atoms with E-state index in [1.54, 1.807) is 50.5 Å². The number of carboxylic acids is 1. The molecule has 0 saturated carbocycles. The third-order valence-electron chi connectivity index (χ3n) is 3.84. The number of aromatic nitrogens is 1. The van der Waals surface area contributed by atoms with Crippen LogP contribution in [0.1, 0.15) is 36.2 Å². The SMILES string of the molecule is CC(C)(CCNC(=O)c1cccc(OCc2cccnc2)c1)C(=O)O. The van der Waals surface area contributed by atoms with Gasteiger partial charge in [0.05, 0.1) is 5.41 Å². The highest BCUT2D eigenvalue weighted by molar-refractivity contribution is 5.94. The molecule has 2 N–H and O–H groups in total. The molecule has 1 aromatic carbocycles. The van der Waals surface area contributed by atoms with Gasteiger partial charge in [0.2, 0.25) is 0 Å². The molecule has 1 aromatic heterocycles. The lowest BCUT2D eigenvalue weighted by Crippen LogP contribution is -2.31. The van der Waals surface area contributed by atoms with Gasteiger partial charge in [-0.25, -0.2) is 0 Å². The number of hydrogen-bond acceptors (Lipinski definition) is 4. The molecule has 0 bridgehead atoms. The molecule has 0 radical (unpaired) electrons. The summed E-state index contributed by atoms with van der Waals surface area (Å²) in [6.07, 6.45) is 3.77. The summed E-state index contributed by atoms with van der Waals surface area (Å²) in [6, 6.07) is 10.6. The van der Waals surface area contributed by atoms with E-state index in [-0.39, 0.29) is 5.91 Å². The molecule has 0 atom stereocenters. The van der Waals surface area contributed by atoms with Crippen molar-refractivity contribution in [2.75, 3.05) is 6.54 Å². The fraction of sp³-hybridized carbons (Fsp3) is 0.316. The van der Waals surface area contributed by atoms with E-state index < -0.39 is 11.4 Å². The van der Waals surface area contributed by atoms with Gasteiger partial charge in [0, 0.05) is 30.1 Å². The van der Waals surface area contributed by atoms with E-state index in [0.717, 1.165) is 5.56 Å². The van der Waals surface area contributed by atoms with Gasteiger partial charge in [0.1, 0.15) is 12.4 Å². The van der Waals surface area contributed by atoms with Crippen molar-refractivity contribution >= 4 is 11.9 Å². The Kier molecular flexibility index (Phi) is 6.11. The van der Waals surface area contributed by atoms with E-state index >= 15 is 0 Å². The Morgan fingerprint density at radius 1 is 1.24 bits per heavy atom. The van der Waals surface area contributed by atoms with Gasteiger partial charge >= 0.3 is 5.97 Å². The number of amides is 1. The monoisotopic (exact) mass is 342 g/mol. The van der Waals surface area contributed by atoms with E-state index in [2.05, 4.69) is 10.3 Å². The zero-order valence-electron chi connectivity index (χ0n) is 14.4. The molecule has 25 heavy (non-hydrogen) atoms. The van der Waals surface area contributed by atoms with Crippen molar-refractivity contribution in [2.24, 2.45) is 5.41 Å². The van der Waals surface area contributed by atoms with Crippen molar-refractivity contribution in [3.05, 3.63) is 59.9 Å². The average Bonchev–Trinajstić information content (AvgIpc) is 2.60. The van der Waals surface area contributed by atoms with Crippen LogP contribution < -0.4 is 10.1 Å². The lowest BCUT2D eigenvalue weighted by molar-refractivity contribution is -0.147. The summed E-state index contributed by atoms with van der Waals surface area (Å²) in [5.74, 6) is -0.553. The number of ether oxygens (including phenoxy) is 1. The second-order valence-electron chi connectivity index (χ2n) is 6.37. The Bertz CT molecular complexity index is 729. The van der Waals surface area contributed by atoms with Gasteiger partial charge in [-0.15, -0.1) is 0 Å². The Morgan fingerprint density at radius 2 is 2.04 bits per heavy atom. The number of benzene rings is 1. The van der Waals surface area contributed by atoms with E-state index in [0.29, 0.717) is 30.9 Å². The number of nitrogens with one attached hydrogen (secondary N) is 1. The maximum Gasteiger partial charge on any atom is 0.309 e. The van der Waals surface area contributed by atoms with E-state index in [1.165, 1.54) is 0 Å². The van der Waals surface area contributed by atoms with Crippen molar-refractivity contribution in [3.8, 4) is 5.75 Å². The van der Waals surface area contributed by atoms with Crippen LogP contribution in [0.25, 0.3) is 0 Å². The van der Waals surface area contributed by atoms with Crippen molar-refractivity contribution in [1.82, 2.24) is 10.3 Å². The second-order valence-corrected chi connectivity index (χ2v) is 6.37. The van der Waals surface area contributed by atoms with Crippen LogP contribution in [0.5, 0.6) is 5.75 Å². The van der Waals surface area contributed by atoms with Gasteiger partial charge in [0.25, 0.3) is 5.91 Å². The summed E-state index contributed by atoms with van der Waals surface area (Å²) in [5, 5.41) is 11.8. The molecule has 132 valence electrons. The Hall–Kier alpha value is -2.89. The van der Waals surface area contributed by atoms with Crippen LogP contribution in [-0.4, -0.2) is 28.5 Å². The van der Waals surface area contributed by atoms with Gasteiger partial charge < -0.3 is 15.2 Å². The zero-order valence-corrected chi connectivity index (χ0v) is 14.4. The average molecular weight is 342 g/mol. The molecule has 0 aliphatic carbocycles. The van der Waals surface area contributed by atoms with Crippen molar-refractivity contribution in [1.29, 1.82) is 0 Å². The van der Waals surface area contributed by atoms with Crippen molar-refractivity contribution < 1.29 is 19.4 Å². The Labute approximate surface area is 146 Å². The molecule has 0 spiro atoms. The van der Waals surface area contributed by atoms with Crippen molar-refractivity contribution in [3.63, 3.8) is 0 Å². The van der Waals surface area contributed by atoms with Gasteiger partial charge in [-0.05, 0) is 44.5 Å². The first-order chi connectivity index (χ1) is 11.9. The standard InChI is InChI=1S/C19H22N2O4/c1-19(2,18(23)24)8-10-21-17(22)15-6-3-7-16(11-15)25-13-14-5-4-9-20-12-14/h3-7,9,11-12H,8,10,13H2,1-2H3,(H,21,22)(H,23,24). The van der Waals surface area contributed by atoms with Gasteiger partial charge in [-0.3, -0.25) is 14.6 Å². The predicted octanol–water partition coefficient (Wildman–Crippen LogP) is 2.89. The first kappa shape index (κ1) is 18.4. The summed E-state index contributed by atoms with van der Waals surface area (Å²) in [6.45, 7) is 3.92. The number of hydrogen-bond donors (Lipinski definition) is 2. The first-order valence-electron chi connectivity index (χ1n) is 8.02. The lowest BCUT2D eigenvalue weighted by atomic mass is 9.90. The minimum Gasteiger partial charge on any atom is -0.489 e. The normalized spacial score (nSPS) is 11.0. The van der Waals surface area contributed by atoms with Crippen LogP contribution in [0.4, 0.5) is 0 Å². The van der Waals surface area contributed by atoms with E-state index in [4.69, 9.17) is 9.84 Å². The quantitative estimate of drug-likeness (QED) is 0.770. The van der Waals surface area contributed by atoms with Crippen LogP contribution in [0, 0.1) is 5.41 Å². The summed E-state index contributed by atoms with van der Waals surface area (Å²) in [4.78, 5) is 27.3. The molecule has 0 fully saturated rings. The highest BCUT2D eigenvalue weighted by Gasteiger charge is 2.26. The molecule has 0 saturated heterocycles. The fourth-order valence-corrected chi connectivity index (χ4v) is 2.07. The number of pyridine rings is 1. The fourth-order valence-electron chi connectivity index (χ4n) is 2.07.